The standard InChI is InChI=1S/C19H22ClF2N5/c20-18-3-2-16-17(26-18)10-14(13-25-16)15(11-23)12-24-6-1-7-27-8-4-19(21,22)5-9-27/h2-3,10-13H,1,4-9,23H2. The van der Waals surface area contributed by atoms with Crippen LogP contribution in [-0.4, -0.2) is 53.2 Å². The van der Waals surface area contributed by atoms with Crippen LogP contribution in [0.3, 0.4) is 0 Å². The zero-order valence-corrected chi connectivity index (χ0v) is 15.7. The molecular weight excluding hydrogens is 372 g/mol. The normalized spacial score (nSPS) is 18.4. The molecule has 1 aliphatic rings. The summed E-state index contributed by atoms with van der Waals surface area (Å²) < 4.78 is 26.3. The number of aromatic nitrogens is 2. The highest BCUT2D eigenvalue weighted by molar-refractivity contribution is 6.29. The molecule has 0 amide bonds. The molecule has 2 N–H and O–H groups in total. The number of rotatable bonds is 6. The summed E-state index contributed by atoms with van der Waals surface area (Å²) in [4.78, 5) is 15.1. The first-order chi connectivity index (χ1) is 13.0. The minimum atomic E-state index is -2.50. The second kappa shape index (κ2) is 8.71. The van der Waals surface area contributed by atoms with E-state index in [0.717, 1.165) is 29.6 Å². The summed E-state index contributed by atoms with van der Waals surface area (Å²) in [6, 6.07) is 5.37. The molecule has 1 aliphatic heterocycles. The minimum absolute atomic E-state index is 0.0522. The first kappa shape index (κ1) is 19.6. The summed E-state index contributed by atoms with van der Waals surface area (Å²) in [5.74, 6) is -2.50. The topological polar surface area (TPSA) is 67.4 Å². The minimum Gasteiger partial charge on any atom is -0.404 e. The van der Waals surface area contributed by atoms with Gasteiger partial charge in [0, 0.05) is 62.2 Å². The molecule has 0 spiro atoms. The molecule has 1 fully saturated rings. The van der Waals surface area contributed by atoms with Gasteiger partial charge in [-0.15, -0.1) is 0 Å². The van der Waals surface area contributed by atoms with E-state index in [-0.39, 0.29) is 12.8 Å². The molecule has 144 valence electrons. The van der Waals surface area contributed by atoms with Crippen molar-refractivity contribution in [1.82, 2.24) is 14.9 Å². The second-order valence-corrected chi connectivity index (χ2v) is 6.99. The Kier molecular flexibility index (Phi) is 6.34. The summed E-state index contributed by atoms with van der Waals surface area (Å²) in [7, 11) is 0. The lowest BCUT2D eigenvalue weighted by Gasteiger charge is -2.31. The lowest BCUT2D eigenvalue weighted by molar-refractivity contribution is -0.0550. The van der Waals surface area contributed by atoms with Gasteiger partial charge in [0.2, 0.25) is 0 Å². The quantitative estimate of drug-likeness (QED) is 0.461. The highest BCUT2D eigenvalue weighted by Crippen LogP contribution is 2.27. The fourth-order valence-electron chi connectivity index (χ4n) is 3.01. The van der Waals surface area contributed by atoms with Crippen LogP contribution in [0.25, 0.3) is 16.6 Å². The molecule has 2 aromatic heterocycles. The van der Waals surface area contributed by atoms with E-state index in [1.54, 1.807) is 18.5 Å². The number of nitrogens with two attached hydrogens (primary N) is 1. The molecule has 0 radical (unpaired) electrons. The van der Waals surface area contributed by atoms with Crippen LogP contribution in [0.4, 0.5) is 8.78 Å². The molecule has 0 unspecified atom stereocenters. The van der Waals surface area contributed by atoms with Crippen LogP contribution in [0.1, 0.15) is 24.8 Å². The van der Waals surface area contributed by atoms with Gasteiger partial charge < -0.3 is 10.6 Å². The summed E-state index contributed by atoms with van der Waals surface area (Å²) in [6.45, 7) is 2.27. The third-order valence-corrected chi connectivity index (χ3v) is 4.81. The van der Waals surface area contributed by atoms with Gasteiger partial charge in [-0.25, -0.2) is 13.8 Å². The second-order valence-electron chi connectivity index (χ2n) is 6.60. The van der Waals surface area contributed by atoms with E-state index in [1.807, 2.05) is 12.1 Å². The summed E-state index contributed by atoms with van der Waals surface area (Å²) in [5, 5.41) is 0.406. The van der Waals surface area contributed by atoms with Crippen LogP contribution in [0.15, 0.2) is 35.6 Å². The van der Waals surface area contributed by atoms with Crippen molar-refractivity contribution < 1.29 is 8.78 Å². The van der Waals surface area contributed by atoms with Gasteiger partial charge in [0.05, 0.1) is 11.0 Å². The molecule has 0 saturated carbocycles. The fourth-order valence-corrected chi connectivity index (χ4v) is 3.16. The molecule has 3 heterocycles. The fraction of sp³-hybridized carbons (Fsp3) is 0.421. The lowest BCUT2D eigenvalue weighted by Crippen LogP contribution is -2.39. The van der Waals surface area contributed by atoms with E-state index in [0.29, 0.717) is 30.3 Å². The number of nitrogens with zero attached hydrogens (tertiary/aromatic N) is 4. The smallest absolute Gasteiger partial charge is 0.250 e. The zero-order valence-electron chi connectivity index (χ0n) is 14.9. The molecular formula is C19H22ClF2N5. The number of fused-ring (bicyclic) bond motifs is 1. The van der Waals surface area contributed by atoms with Crippen molar-refractivity contribution in [2.75, 3.05) is 26.2 Å². The maximum atomic E-state index is 13.1. The highest BCUT2D eigenvalue weighted by atomic mass is 35.5. The van der Waals surface area contributed by atoms with Crippen LogP contribution in [0.5, 0.6) is 0 Å². The van der Waals surface area contributed by atoms with Gasteiger partial charge in [0.15, 0.2) is 0 Å². The Morgan fingerprint density at radius 3 is 2.81 bits per heavy atom. The molecule has 0 aliphatic carbocycles. The number of pyridine rings is 2. The number of halogens is 3. The third-order valence-electron chi connectivity index (χ3n) is 4.60. The number of likely N-dealkylation sites (tertiary alicyclic amines) is 1. The Labute approximate surface area is 162 Å². The van der Waals surface area contributed by atoms with E-state index in [2.05, 4.69) is 19.9 Å². The highest BCUT2D eigenvalue weighted by Gasteiger charge is 2.33. The Bertz CT molecular complexity index is 843. The van der Waals surface area contributed by atoms with Gasteiger partial charge in [-0.3, -0.25) is 9.98 Å². The summed E-state index contributed by atoms with van der Waals surface area (Å²) in [6.07, 6.45) is 5.61. The average Bonchev–Trinajstić information content (AvgIpc) is 2.65. The molecule has 0 atom stereocenters. The van der Waals surface area contributed by atoms with Crippen molar-refractivity contribution in [2.24, 2.45) is 10.7 Å². The van der Waals surface area contributed by atoms with E-state index < -0.39 is 5.92 Å². The van der Waals surface area contributed by atoms with Gasteiger partial charge in [-0.05, 0) is 31.2 Å². The van der Waals surface area contributed by atoms with Crippen LogP contribution in [0.2, 0.25) is 5.15 Å². The number of alkyl halides is 2. The molecule has 1 saturated heterocycles. The van der Waals surface area contributed by atoms with Gasteiger partial charge >= 0.3 is 0 Å². The van der Waals surface area contributed by atoms with Crippen molar-refractivity contribution >= 4 is 34.4 Å². The van der Waals surface area contributed by atoms with Crippen molar-refractivity contribution in [3.63, 3.8) is 0 Å². The molecule has 8 heteroatoms. The Morgan fingerprint density at radius 1 is 1.30 bits per heavy atom. The summed E-state index contributed by atoms with van der Waals surface area (Å²) in [5.41, 5.74) is 8.72. The van der Waals surface area contributed by atoms with Gasteiger partial charge in [0.1, 0.15) is 5.15 Å². The SMILES string of the molecule is NC=C(C=NCCCN1CCC(F)(F)CC1)c1cnc2ccc(Cl)nc2c1. The zero-order chi connectivity index (χ0) is 19.3. The Morgan fingerprint density at radius 2 is 2.07 bits per heavy atom. The van der Waals surface area contributed by atoms with E-state index in [9.17, 15) is 8.78 Å². The number of allylic oxidation sites excluding steroid dienone is 1. The predicted octanol–water partition coefficient (Wildman–Crippen LogP) is 3.77. The molecule has 3 rings (SSSR count). The maximum Gasteiger partial charge on any atom is 0.250 e. The van der Waals surface area contributed by atoms with Crippen LogP contribution < -0.4 is 5.73 Å². The first-order valence-electron chi connectivity index (χ1n) is 8.91. The van der Waals surface area contributed by atoms with E-state index in [1.165, 1.54) is 6.20 Å². The molecule has 0 bridgehead atoms. The molecule has 5 nitrogen and oxygen atoms in total. The summed E-state index contributed by atoms with van der Waals surface area (Å²) >= 11 is 5.93. The molecule has 27 heavy (non-hydrogen) atoms. The maximum absolute atomic E-state index is 13.1. The van der Waals surface area contributed by atoms with Gasteiger partial charge in [0.25, 0.3) is 5.92 Å². The van der Waals surface area contributed by atoms with Crippen molar-refractivity contribution in [1.29, 1.82) is 0 Å². The van der Waals surface area contributed by atoms with Crippen LogP contribution in [0, 0.1) is 0 Å². The molecule has 2 aromatic rings. The Hall–Kier alpha value is -2.12. The van der Waals surface area contributed by atoms with Crippen LogP contribution >= 0.6 is 11.6 Å². The van der Waals surface area contributed by atoms with Crippen molar-refractivity contribution in [3.8, 4) is 0 Å². The number of hydrogen-bond acceptors (Lipinski definition) is 5. The third kappa shape index (κ3) is 5.43. The Balaban J connectivity index is 1.53. The lowest BCUT2D eigenvalue weighted by atomic mass is 10.1. The van der Waals surface area contributed by atoms with E-state index in [4.69, 9.17) is 17.3 Å². The largest absolute Gasteiger partial charge is 0.404 e. The monoisotopic (exact) mass is 393 g/mol. The van der Waals surface area contributed by atoms with E-state index >= 15 is 0 Å². The average molecular weight is 394 g/mol. The first-order valence-corrected chi connectivity index (χ1v) is 9.29. The van der Waals surface area contributed by atoms with Crippen LogP contribution in [-0.2, 0) is 0 Å². The van der Waals surface area contributed by atoms with Gasteiger partial charge in [-0.2, -0.15) is 0 Å². The van der Waals surface area contributed by atoms with Crippen molar-refractivity contribution in [3.05, 3.63) is 41.3 Å². The number of aliphatic imine (C=N–C) groups is 1. The number of hydrogen-bond donors (Lipinski definition) is 1. The van der Waals surface area contributed by atoms with Crippen molar-refractivity contribution in [2.45, 2.75) is 25.2 Å². The molecule has 0 aromatic carbocycles. The number of piperidine rings is 1. The predicted molar refractivity (Wildman–Crippen MR) is 105 cm³/mol. The van der Waals surface area contributed by atoms with Gasteiger partial charge in [-0.1, -0.05) is 11.6 Å².